The third kappa shape index (κ3) is 2.22. The van der Waals surface area contributed by atoms with E-state index in [9.17, 15) is 0 Å². The Morgan fingerprint density at radius 1 is 1.12 bits per heavy atom. The first-order chi connectivity index (χ1) is 8.19. The van der Waals surface area contributed by atoms with Gasteiger partial charge in [0.15, 0.2) is 0 Å². The van der Waals surface area contributed by atoms with Crippen LogP contribution in [0.3, 0.4) is 0 Å². The maximum absolute atomic E-state index is 6.07. The summed E-state index contributed by atoms with van der Waals surface area (Å²) < 4.78 is 1.16. The predicted molar refractivity (Wildman–Crippen MR) is 76.9 cm³/mol. The van der Waals surface area contributed by atoms with Crippen LogP contribution in [0.2, 0.25) is 5.02 Å². The lowest BCUT2D eigenvalue weighted by molar-refractivity contribution is 0.139. The van der Waals surface area contributed by atoms with E-state index < -0.39 is 0 Å². The van der Waals surface area contributed by atoms with Gasteiger partial charge in [-0.1, -0.05) is 30.9 Å². The predicted octanol–water partition coefficient (Wildman–Crippen LogP) is 4.87. The molecule has 0 N–H and O–H groups in total. The molecule has 1 aliphatic heterocycles. The van der Waals surface area contributed by atoms with E-state index in [1.54, 1.807) is 0 Å². The number of rotatable bonds is 1. The van der Waals surface area contributed by atoms with Crippen LogP contribution in [0.4, 0.5) is 5.69 Å². The minimum absolute atomic E-state index is 0.625. The zero-order valence-corrected chi connectivity index (χ0v) is 12.2. The molecule has 3 rings (SSSR count). The molecule has 1 saturated heterocycles. The topological polar surface area (TPSA) is 3.24 Å². The van der Waals surface area contributed by atoms with Crippen LogP contribution in [0, 0.1) is 5.41 Å². The van der Waals surface area contributed by atoms with Crippen LogP contribution >= 0.6 is 27.5 Å². The molecule has 1 spiro atoms. The van der Waals surface area contributed by atoms with Gasteiger partial charge in [0.2, 0.25) is 0 Å². The molecule has 0 radical (unpaired) electrons. The van der Waals surface area contributed by atoms with Gasteiger partial charge in [0, 0.05) is 28.0 Å². The lowest BCUT2D eigenvalue weighted by Gasteiger charge is -2.53. The molecule has 2 fully saturated rings. The second kappa shape index (κ2) is 4.47. The summed E-state index contributed by atoms with van der Waals surface area (Å²) in [5, 5.41) is 0.827. The molecule has 0 aromatic heterocycles. The lowest BCUT2D eigenvalue weighted by atomic mass is 9.68. The number of hydrogen-bond acceptors (Lipinski definition) is 1. The van der Waals surface area contributed by atoms with E-state index in [4.69, 9.17) is 11.6 Å². The lowest BCUT2D eigenvalue weighted by Crippen LogP contribution is -2.57. The molecule has 0 unspecified atom stereocenters. The molecule has 92 valence electrons. The Morgan fingerprint density at radius 2 is 1.82 bits per heavy atom. The average molecular weight is 315 g/mol. The van der Waals surface area contributed by atoms with Crippen LogP contribution in [-0.2, 0) is 0 Å². The second-order valence-electron chi connectivity index (χ2n) is 5.51. The Balaban J connectivity index is 1.74. The molecule has 1 aromatic rings. The fourth-order valence-corrected chi connectivity index (χ4v) is 3.94. The van der Waals surface area contributed by atoms with Crippen molar-refractivity contribution < 1.29 is 0 Å². The summed E-state index contributed by atoms with van der Waals surface area (Å²) >= 11 is 9.69. The van der Waals surface area contributed by atoms with Crippen LogP contribution in [0.25, 0.3) is 0 Å². The zero-order valence-electron chi connectivity index (χ0n) is 9.88. The summed E-state index contributed by atoms with van der Waals surface area (Å²) in [5.74, 6) is 0. The smallest absolute Gasteiger partial charge is 0.0525 e. The molecule has 3 heteroatoms. The Morgan fingerprint density at radius 3 is 2.53 bits per heavy atom. The van der Waals surface area contributed by atoms with Crippen molar-refractivity contribution in [2.24, 2.45) is 5.41 Å². The van der Waals surface area contributed by atoms with E-state index >= 15 is 0 Å². The van der Waals surface area contributed by atoms with Crippen molar-refractivity contribution >= 4 is 33.2 Å². The number of hydrogen-bond donors (Lipinski definition) is 0. The fraction of sp³-hybridized carbons (Fsp3) is 0.571. The third-order valence-electron chi connectivity index (χ3n) is 4.22. The maximum atomic E-state index is 6.07. The largest absolute Gasteiger partial charge is 0.369 e. The summed E-state index contributed by atoms with van der Waals surface area (Å²) in [6.45, 7) is 2.43. The number of nitrogens with zero attached hydrogens (tertiary/aromatic N) is 1. The first kappa shape index (κ1) is 11.9. The normalized spacial score (nSPS) is 22.6. The summed E-state index contributed by atoms with van der Waals surface area (Å²) in [6, 6.07) is 6.05. The molecule has 17 heavy (non-hydrogen) atoms. The Hall–Kier alpha value is -0.210. The van der Waals surface area contributed by atoms with Crippen molar-refractivity contribution in [3.8, 4) is 0 Å². The highest BCUT2D eigenvalue weighted by Crippen LogP contribution is 2.47. The van der Waals surface area contributed by atoms with E-state index in [0.717, 1.165) is 9.50 Å². The van der Waals surface area contributed by atoms with Gasteiger partial charge in [-0.2, -0.15) is 0 Å². The first-order valence-electron chi connectivity index (χ1n) is 6.39. The van der Waals surface area contributed by atoms with Crippen LogP contribution in [0.15, 0.2) is 22.7 Å². The van der Waals surface area contributed by atoms with Crippen LogP contribution in [0.1, 0.15) is 32.1 Å². The maximum Gasteiger partial charge on any atom is 0.0525 e. The third-order valence-corrected chi connectivity index (χ3v) is 5.12. The van der Waals surface area contributed by atoms with Crippen molar-refractivity contribution in [1.82, 2.24) is 0 Å². The van der Waals surface area contributed by atoms with Gasteiger partial charge in [-0.25, -0.2) is 0 Å². The Kier molecular flexibility index (Phi) is 3.12. The highest BCUT2D eigenvalue weighted by Gasteiger charge is 2.43. The molecule has 0 bridgehead atoms. The monoisotopic (exact) mass is 313 g/mol. The van der Waals surface area contributed by atoms with Crippen molar-refractivity contribution in [2.45, 2.75) is 32.1 Å². The van der Waals surface area contributed by atoms with E-state index in [-0.39, 0.29) is 0 Å². The summed E-state index contributed by atoms with van der Waals surface area (Å²) in [7, 11) is 0. The zero-order chi connectivity index (χ0) is 11.9. The highest BCUT2D eigenvalue weighted by molar-refractivity contribution is 9.10. The van der Waals surface area contributed by atoms with Gasteiger partial charge in [0.1, 0.15) is 0 Å². The van der Waals surface area contributed by atoms with Crippen LogP contribution < -0.4 is 4.90 Å². The quantitative estimate of drug-likeness (QED) is 0.714. The summed E-state index contributed by atoms with van der Waals surface area (Å²) in [6.07, 6.45) is 7.11. The second-order valence-corrected chi connectivity index (χ2v) is 6.80. The van der Waals surface area contributed by atoms with Crippen molar-refractivity contribution in [3.63, 3.8) is 0 Å². The van der Waals surface area contributed by atoms with Gasteiger partial charge in [-0.15, -0.1) is 0 Å². The first-order valence-corrected chi connectivity index (χ1v) is 7.56. The molecule has 1 aliphatic carbocycles. The standard InChI is InChI=1S/C14H17BrClN/c15-12-5-4-11(16)8-13(12)17-9-14(10-17)6-2-1-3-7-14/h4-5,8H,1-3,6-7,9-10H2. The van der Waals surface area contributed by atoms with Crippen molar-refractivity contribution in [3.05, 3.63) is 27.7 Å². The molecular weight excluding hydrogens is 298 g/mol. The van der Waals surface area contributed by atoms with Crippen molar-refractivity contribution in [2.75, 3.05) is 18.0 Å². The fourth-order valence-electron chi connectivity index (χ4n) is 3.28. The molecule has 1 saturated carbocycles. The summed E-state index contributed by atoms with van der Waals surface area (Å²) in [5.41, 5.74) is 1.88. The van der Waals surface area contributed by atoms with Gasteiger partial charge < -0.3 is 4.90 Å². The average Bonchev–Trinajstić information content (AvgIpc) is 2.30. The van der Waals surface area contributed by atoms with Crippen LogP contribution in [0.5, 0.6) is 0 Å². The summed E-state index contributed by atoms with van der Waals surface area (Å²) in [4.78, 5) is 2.46. The van der Waals surface area contributed by atoms with Crippen LogP contribution in [-0.4, -0.2) is 13.1 Å². The molecule has 2 aliphatic rings. The van der Waals surface area contributed by atoms with E-state index in [0.29, 0.717) is 5.41 Å². The highest BCUT2D eigenvalue weighted by atomic mass is 79.9. The van der Waals surface area contributed by atoms with Crippen molar-refractivity contribution in [1.29, 1.82) is 0 Å². The minimum Gasteiger partial charge on any atom is -0.369 e. The molecule has 1 aromatic carbocycles. The molecule has 0 atom stereocenters. The molecule has 1 nitrogen and oxygen atoms in total. The Bertz CT molecular complexity index is 418. The van der Waals surface area contributed by atoms with Gasteiger partial charge in [-0.3, -0.25) is 0 Å². The molecule has 0 amide bonds. The molecule has 1 heterocycles. The minimum atomic E-state index is 0.625. The van der Waals surface area contributed by atoms with Gasteiger partial charge in [0.05, 0.1) is 5.69 Å². The molecular formula is C14H17BrClN. The van der Waals surface area contributed by atoms with Gasteiger partial charge in [-0.05, 0) is 47.0 Å². The van der Waals surface area contributed by atoms with E-state index in [2.05, 4.69) is 26.9 Å². The number of halogens is 2. The van der Waals surface area contributed by atoms with Gasteiger partial charge in [0.25, 0.3) is 0 Å². The Labute approximate surface area is 116 Å². The van der Waals surface area contributed by atoms with Gasteiger partial charge >= 0.3 is 0 Å². The van der Waals surface area contributed by atoms with E-state index in [1.165, 1.54) is 50.9 Å². The number of benzene rings is 1. The SMILES string of the molecule is Clc1ccc(Br)c(N2CC3(CCCCC3)C2)c1. The number of anilines is 1. The van der Waals surface area contributed by atoms with E-state index in [1.807, 2.05) is 12.1 Å².